The first-order chi connectivity index (χ1) is 16.9. The van der Waals surface area contributed by atoms with Crippen LogP contribution in [0.1, 0.15) is 73.0 Å². The number of benzene rings is 2. The number of carboxylic acid groups (broad SMARTS) is 1. The molecule has 0 fully saturated rings. The number of aliphatic carboxylic acids is 1. The molecule has 3 rings (SSSR count). The number of primary amides is 1. The zero-order valence-electron chi connectivity index (χ0n) is 21.3. The molecule has 0 saturated heterocycles. The minimum absolute atomic E-state index is 0.0110. The van der Waals surface area contributed by atoms with E-state index in [-0.39, 0.29) is 23.5 Å². The zero-order valence-corrected chi connectivity index (χ0v) is 21.3. The van der Waals surface area contributed by atoms with Gasteiger partial charge >= 0.3 is 5.97 Å². The largest absolute Gasteiger partial charge is 0.481 e. The van der Waals surface area contributed by atoms with Crippen molar-refractivity contribution in [3.8, 4) is 0 Å². The number of hydrogen-bond donors (Lipinski definition) is 3. The van der Waals surface area contributed by atoms with E-state index in [1.54, 1.807) is 13.2 Å². The van der Waals surface area contributed by atoms with E-state index < -0.39 is 11.9 Å². The molecule has 6 heteroatoms. The van der Waals surface area contributed by atoms with Gasteiger partial charge in [-0.05, 0) is 73.9 Å². The van der Waals surface area contributed by atoms with Crippen LogP contribution in [-0.2, 0) is 27.8 Å². The van der Waals surface area contributed by atoms with Crippen LogP contribution in [0.5, 0.6) is 0 Å². The molecule has 2 aromatic carbocycles. The van der Waals surface area contributed by atoms with Crippen LogP contribution in [0.25, 0.3) is 0 Å². The first-order valence-corrected chi connectivity index (χ1v) is 12.8. The lowest BCUT2D eigenvalue weighted by Gasteiger charge is -2.49. The van der Waals surface area contributed by atoms with Crippen molar-refractivity contribution in [1.82, 2.24) is 5.32 Å². The fourth-order valence-corrected chi connectivity index (χ4v) is 5.85. The number of amides is 1. The van der Waals surface area contributed by atoms with Crippen LogP contribution in [0.15, 0.2) is 48.5 Å². The van der Waals surface area contributed by atoms with E-state index in [1.165, 1.54) is 11.1 Å². The molecule has 0 aliphatic heterocycles. The van der Waals surface area contributed by atoms with Crippen LogP contribution >= 0.6 is 0 Å². The van der Waals surface area contributed by atoms with Crippen LogP contribution in [0.4, 0.5) is 0 Å². The fourth-order valence-electron chi connectivity index (χ4n) is 5.85. The average Bonchev–Trinajstić information content (AvgIpc) is 2.87. The number of carbonyl (C=O) groups is 2. The van der Waals surface area contributed by atoms with Gasteiger partial charge in [0.25, 0.3) is 0 Å². The summed E-state index contributed by atoms with van der Waals surface area (Å²) in [5, 5.41) is 13.5. The first-order valence-electron chi connectivity index (χ1n) is 12.8. The molecule has 1 amide bonds. The summed E-state index contributed by atoms with van der Waals surface area (Å²) in [5.74, 6) is -1.55. The number of fused-ring (bicyclic) bond motifs is 1. The van der Waals surface area contributed by atoms with Crippen molar-refractivity contribution in [1.29, 1.82) is 0 Å². The van der Waals surface area contributed by atoms with E-state index in [9.17, 15) is 14.7 Å². The van der Waals surface area contributed by atoms with Gasteiger partial charge in [-0.1, -0.05) is 50.2 Å². The van der Waals surface area contributed by atoms with Gasteiger partial charge in [0.1, 0.15) is 0 Å². The average molecular weight is 481 g/mol. The quantitative estimate of drug-likeness (QED) is 0.392. The van der Waals surface area contributed by atoms with Crippen molar-refractivity contribution in [2.45, 2.75) is 76.4 Å². The molecule has 1 aliphatic carbocycles. The Morgan fingerprint density at radius 2 is 1.86 bits per heavy atom. The molecule has 0 radical (unpaired) electrons. The van der Waals surface area contributed by atoms with Gasteiger partial charge < -0.3 is 20.9 Å². The smallest absolute Gasteiger partial charge is 0.306 e. The minimum atomic E-state index is -0.736. The third-order valence-corrected chi connectivity index (χ3v) is 7.95. The summed E-state index contributed by atoms with van der Waals surface area (Å²) in [6.07, 6.45) is 5.40. The number of hydrogen-bond acceptors (Lipinski definition) is 4. The number of rotatable bonds is 13. The second-order valence-electron chi connectivity index (χ2n) is 9.71. The second-order valence-corrected chi connectivity index (χ2v) is 9.71. The van der Waals surface area contributed by atoms with Gasteiger partial charge in [0.15, 0.2) is 0 Å². The van der Waals surface area contributed by atoms with E-state index in [0.29, 0.717) is 24.9 Å². The highest BCUT2D eigenvalue weighted by Gasteiger charge is 2.46. The Bertz CT molecular complexity index is 987. The molecule has 0 saturated carbocycles. The summed E-state index contributed by atoms with van der Waals surface area (Å²) < 4.78 is 5.95. The Hall–Kier alpha value is -2.70. The Kier molecular flexibility index (Phi) is 9.47. The summed E-state index contributed by atoms with van der Waals surface area (Å²) >= 11 is 0. The summed E-state index contributed by atoms with van der Waals surface area (Å²) in [5.41, 5.74) is 9.47. The van der Waals surface area contributed by atoms with Crippen LogP contribution in [-0.4, -0.2) is 42.8 Å². The number of ether oxygens (including phenoxy) is 1. The first kappa shape index (κ1) is 26.9. The Labute approximate surface area is 209 Å². The summed E-state index contributed by atoms with van der Waals surface area (Å²) in [6.45, 7) is 4.93. The summed E-state index contributed by atoms with van der Waals surface area (Å²) in [7, 11) is 1.74. The molecule has 1 unspecified atom stereocenters. The number of carboxylic acids is 1. The topological polar surface area (TPSA) is 102 Å². The van der Waals surface area contributed by atoms with Crippen molar-refractivity contribution in [2.24, 2.45) is 11.7 Å². The fraction of sp³-hybridized carbons (Fsp3) is 0.517. The van der Waals surface area contributed by atoms with Crippen LogP contribution in [0.3, 0.4) is 0 Å². The van der Waals surface area contributed by atoms with Crippen LogP contribution < -0.4 is 11.1 Å². The predicted molar refractivity (Wildman–Crippen MR) is 139 cm³/mol. The third-order valence-electron chi connectivity index (χ3n) is 7.95. The lowest BCUT2D eigenvalue weighted by molar-refractivity contribution is -0.142. The van der Waals surface area contributed by atoms with Gasteiger partial charge in [-0.25, -0.2) is 0 Å². The van der Waals surface area contributed by atoms with Crippen molar-refractivity contribution < 1.29 is 19.4 Å². The molecule has 0 spiro atoms. The van der Waals surface area contributed by atoms with E-state index in [4.69, 9.17) is 10.5 Å². The monoisotopic (exact) mass is 480 g/mol. The van der Waals surface area contributed by atoms with E-state index in [1.807, 2.05) is 30.3 Å². The molecule has 1 aliphatic rings. The predicted octanol–water partition coefficient (Wildman–Crippen LogP) is 4.49. The van der Waals surface area contributed by atoms with E-state index in [2.05, 4.69) is 31.3 Å². The SMILES string of the molecule is CCC1(CC)c2cc(C(N)=O)ccc2C[C@H](OC)[C@H]1NCCC(CCCc1ccccc1)C(=O)O. The molecule has 3 atom stereocenters. The number of aryl methyl sites for hydroxylation is 1. The van der Waals surface area contributed by atoms with Crippen molar-refractivity contribution in [2.75, 3.05) is 13.7 Å². The molecule has 6 nitrogen and oxygen atoms in total. The summed E-state index contributed by atoms with van der Waals surface area (Å²) in [6, 6.07) is 16.0. The van der Waals surface area contributed by atoms with Crippen molar-refractivity contribution >= 4 is 11.9 Å². The molecular weight excluding hydrogens is 440 g/mol. The molecular formula is C29H40N2O4. The maximum Gasteiger partial charge on any atom is 0.306 e. The molecule has 4 N–H and O–H groups in total. The van der Waals surface area contributed by atoms with Gasteiger partial charge in [-0.2, -0.15) is 0 Å². The molecule has 35 heavy (non-hydrogen) atoms. The highest BCUT2D eigenvalue weighted by Crippen LogP contribution is 2.44. The normalized spacial score (nSPS) is 19.6. The molecule has 190 valence electrons. The van der Waals surface area contributed by atoms with Crippen LogP contribution in [0.2, 0.25) is 0 Å². The van der Waals surface area contributed by atoms with Gasteiger partial charge in [-0.3, -0.25) is 9.59 Å². The maximum absolute atomic E-state index is 12.0. The summed E-state index contributed by atoms with van der Waals surface area (Å²) in [4.78, 5) is 23.8. The van der Waals surface area contributed by atoms with Gasteiger partial charge in [0.05, 0.1) is 12.0 Å². The highest BCUT2D eigenvalue weighted by molar-refractivity contribution is 5.93. The van der Waals surface area contributed by atoms with Crippen LogP contribution in [0, 0.1) is 5.92 Å². The lowest BCUT2D eigenvalue weighted by atomic mass is 9.62. The Balaban J connectivity index is 1.72. The zero-order chi connectivity index (χ0) is 25.4. The maximum atomic E-state index is 12.0. The number of carbonyl (C=O) groups excluding carboxylic acids is 1. The van der Waals surface area contributed by atoms with Gasteiger partial charge in [0.2, 0.25) is 5.91 Å². The van der Waals surface area contributed by atoms with Gasteiger partial charge in [-0.15, -0.1) is 0 Å². The van der Waals surface area contributed by atoms with E-state index in [0.717, 1.165) is 37.7 Å². The third kappa shape index (κ3) is 6.11. The van der Waals surface area contributed by atoms with E-state index >= 15 is 0 Å². The minimum Gasteiger partial charge on any atom is -0.481 e. The molecule has 2 aromatic rings. The standard InChI is InChI=1S/C29H40N2O4/c1-4-29(5-2)24-18-23(27(30)32)15-14-22(24)19-25(35-3)26(29)31-17-16-21(28(33)34)13-9-12-20-10-7-6-8-11-20/h6-8,10-11,14-15,18,21,25-26,31H,4-5,9,12-13,16-17,19H2,1-3H3,(H2,30,32)(H,33,34)/t21?,25-,26+/m0/s1. The Morgan fingerprint density at radius 3 is 2.46 bits per heavy atom. The highest BCUT2D eigenvalue weighted by atomic mass is 16.5. The molecule has 0 heterocycles. The lowest BCUT2D eigenvalue weighted by Crippen LogP contribution is -2.59. The van der Waals surface area contributed by atoms with Crippen molar-refractivity contribution in [3.05, 3.63) is 70.8 Å². The van der Waals surface area contributed by atoms with Gasteiger partial charge in [0, 0.05) is 30.6 Å². The van der Waals surface area contributed by atoms with Crippen molar-refractivity contribution in [3.63, 3.8) is 0 Å². The number of nitrogens with one attached hydrogen (secondary N) is 1. The molecule has 0 bridgehead atoms. The second kappa shape index (κ2) is 12.3. The number of nitrogens with two attached hydrogens (primary N) is 1. The Morgan fingerprint density at radius 1 is 1.14 bits per heavy atom. The molecule has 0 aromatic heterocycles. The number of methoxy groups -OCH3 is 1.